The maximum atomic E-state index is 12.0. The van der Waals surface area contributed by atoms with Crippen LogP contribution in [0.5, 0.6) is 5.75 Å². The minimum atomic E-state index is -0.465. The molecule has 1 heterocycles. The van der Waals surface area contributed by atoms with Crippen LogP contribution in [-0.2, 0) is 11.3 Å². The molecule has 0 aliphatic carbocycles. The molecule has 0 fully saturated rings. The van der Waals surface area contributed by atoms with E-state index in [4.69, 9.17) is 14.4 Å². The molecule has 0 aliphatic rings. The monoisotopic (exact) mass is 353 g/mol. The lowest BCUT2D eigenvalue weighted by molar-refractivity contribution is -0.117. The number of nitrogens with zero attached hydrogens (tertiary/aromatic N) is 1. The molecule has 0 aliphatic heterocycles. The van der Waals surface area contributed by atoms with Crippen LogP contribution in [0.4, 0.5) is 5.69 Å². The van der Waals surface area contributed by atoms with Crippen molar-refractivity contribution >= 4 is 11.6 Å². The van der Waals surface area contributed by atoms with Gasteiger partial charge in [0.1, 0.15) is 23.2 Å². The number of benzene rings is 1. The van der Waals surface area contributed by atoms with E-state index in [1.807, 2.05) is 30.3 Å². The lowest BCUT2D eigenvalue weighted by Gasteiger charge is -2.07. The molecule has 0 saturated heterocycles. The first-order chi connectivity index (χ1) is 12.7. The maximum Gasteiger partial charge on any atom is 0.263 e. The van der Waals surface area contributed by atoms with Crippen LogP contribution < -0.4 is 15.4 Å². The van der Waals surface area contributed by atoms with Gasteiger partial charge in [-0.3, -0.25) is 4.79 Å². The van der Waals surface area contributed by atoms with Crippen LogP contribution in [0, 0.1) is 11.3 Å². The minimum absolute atomic E-state index is 0.0172. The number of carbonyl (C=O) groups is 1. The standard InChI is InChI=1S/C20H23N3O3/c1-2-3-4-11-25-18-9-7-17(8-10-18)22-14-16(13-21)20(24)23-15-19-6-5-12-26-19/h5-10,12,14,22H,2-4,11,15H2,1H3,(H,23,24). The van der Waals surface area contributed by atoms with E-state index in [1.54, 1.807) is 12.1 Å². The topological polar surface area (TPSA) is 87.3 Å². The Bertz CT molecular complexity index is 744. The molecule has 6 nitrogen and oxygen atoms in total. The number of hydrogen-bond donors (Lipinski definition) is 2. The fourth-order valence-corrected chi connectivity index (χ4v) is 2.17. The van der Waals surface area contributed by atoms with E-state index in [-0.39, 0.29) is 12.1 Å². The smallest absolute Gasteiger partial charge is 0.263 e. The second-order valence-corrected chi connectivity index (χ2v) is 5.66. The van der Waals surface area contributed by atoms with Gasteiger partial charge >= 0.3 is 0 Å². The second kappa shape index (κ2) is 10.6. The van der Waals surface area contributed by atoms with E-state index in [2.05, 4.69) is 17.6 Å². The quantitative estimate of drug-likeness (QED) is 0.383. The Labute approximate surface area is 153 Å². The number of hydrogen-bond acceptors (Lipinski definition) is 5. The third kappa shape index (κ3) is 6.36. The Hall–Kier alpha value is -3.20. The molecular formula is C20H23N3O3. The summed E-state index contributed by atoms with van der Waals surface area (Å²) in [5.74, 6) is 0.956. The number of anilines is 1. The van der Waals surface area contributed by atoms with E-state index >= 15 is 0 Å². The number of carbonyl (C=O) groups excluding carboxylic acids is 1. The van der Waals surface area contributed by atoms with Gasteiger partial charge in [0.15, 0.2) is 0 Å². The van der Waals surface area contributed by atoms with Crippen LogP contribution in [-0.4, -0.2) is 12.5 Å². The SMILES string of the molecule is CCCCCOc1ccc(NC=C(C#N)C(=O)NCc2ccco2)cc1. The largest absolute Gasteiger partial charge is 0.494 e. The van der Waals surface area contributed by atoms with E-state index in [0.29, 0.717) is 12.4 Å². The zero-order valence-electron chi connectivity index (χ0n) is 14.8. The normalized spacial score (nSPS) is 10.8. The van der Waals surface area contributed by atoms with Crippen LogP contribution in [0.3, 0.4) is 0 Å². The van der Waals surface area contributed by atoms with Gasteiger partial charge in [-0.2, -0.15) is 5.26 Å². The molecule has 0 unspecified atom stereocenters. The maximum absolute atomic E-state index is 12.0. The second-order valence-electron chi connectivity index (χ2n) is 5.66. The van der Waals surface area contributed by atoms with Crippen molar-refractivity contribution in [2.75, 3.05) is 11.9 Å². The molecular weight excluding hydrogens is 330 g/mol. The molecule has 0 bridgehead atoms. The average Bonchev–Trinajstić information content (AvgIpc) is 3.19. The molecule has 1 amide bonds. The highest BCUT2D eigenvalue weighted by Gasteiger charge is 2.09. The third-order valence-electron chi connectivity index (χ3n) is 3.62. The highest BCUT2D eigenvalue weighted by Crippen LogP contribution is 2.16. The van der Waals surface area contributed by atoms with Gasteiger partial charge in [0, 0.05) is 11.9 Å². The molecule has 136 valence electrons. The molecule has 6 heteroatoms. The van der Waals surface area contributed by atoms with Crippen molar-refractivity contribution in [3.63, 3.8) is 0 Å². The van der Waals surface area contributed by atoms with Gasteiger partial charge in [-0.05, 0) is 42.8 Å². The van der Waals surface area contributed by atoms with Crippen LogP contribution in [0.15, 0.2) is 58.9 Å². The summed E-state index contributed by atoms with van der Waals surface area (Å²) < 4.78 is 10.8. The predicted octanol–water partition coefficient (Wildman–Crippen LogP) is 3.98. The van der Waals surface area contributed by atoms with Crippen molar-refractivity contribution in [3.8, 4) is 11.8 Å². The fraction of sp³-hybridized carbons (Fsp3) is 0.300. The lowest BCUT2D eigenvalue weighted by Crippen LogP contribution is -2.24. The Morgan fingerprint density at radius 3 is 2.73 bits per heavy atom. The molecule has 0 atom stereocenters. The summed E-state index contributed by atoms with van der Waals surface area (Å²) in [5.41, 5.74) is 0.744. The Kier molecular flexibility index (Phi) is 7.81. The summed E-state index contributed by atoms with van der Waals surface area (Å²) in [6.07, 6.45) is 6.27. The number of furan rings is 1. The predicted molar refractivity (Wildman–Crippen MR) is 99.3 cm³/mol. The van der Waals surface area contributed by atoms with Gasteiger partial charge in [-0.15, -0.1) is 0 Å². The van der Waals surface area contributed by atoms with Gasteiger partial charge in [0.2, 0.25) is 0 Å². The average molecular weight is 353 g/mol. The van der Waals surface area contributed by atoms with Gasteiger partial charge in [-0.25, -0.2) is 0 Å². The molecule has 2 aromatic rings. The molecule has 0 saturated carbocycles. The molecule has 0 radical (unpaired) electrons. The van der Waals surface area contributed by atoms with Gasteiger partial charge in [-0.1, -0.05) is 19.8 Å². The Morgan fingerprint density at radius 1 is 1.27 bits per heavy atom. The van der Waals surface area contributed by atoms with Crippen molar-refractivity contribution in [2.45, 2.75) is 32.7 Å². The lowest BCUT2D eigenvalue weighted by atomic mass is 10.2. The van der Waals surface area contributed by atoms with Crippen LogP contribution in [0.1, 0.15) is 31.9 Å². The van der Waals surface area contributed by atoms with Gasteiger partial charge in [0.05, 0.1) is 19.4 Å². The molecule has 2 rings (SSSR count). The zero-order valence-corrected chi connectivity index (χ0v) is 14.8. The fourth-order valence-electron chi connectivity index (χ4n) is 2.17. The molecule has 1 aromatic carbocycles. The Morgan fingerprint density at radius 2 is 2.08 bits per heavy atom. The first-order valence-corrected chi connectivity index (χ1v) is 8.63. The number of rotatable bonds is 10. The van der Waals surface area contributed by atoms with Crippen molar-refractivity contribution in [2.24, 2.45) is 0 Å². The van der Waals surface area contributed by atoms with Crippen molar-refractivity contribution in [3.05, 3.63) is 60.2 Å². The summed E-state index contributed by atoms with van der Waals surface area (Å²) in [6.45, 7) is 3.09. The number of nitrogens with one attached hydrogen (secondary N) is 2. The van der Waals surface area contributed by atoms with E-state index in [1.165, 1.54) is 12.5 Å². The van der Waals surface area contributed by atoms with Gasteiger partial charge < -0.3 is 19.8 Å². The molecule has 0 spiro atoms. The third-order valence-corrected chi connectivity index (χ3v) is 3.62. The van der Waals surface area contributed by atoms with Crippen LogP contribution in [0.25, 0.3) is 0 Å². The highest BCUT2D eigenvalue weighted by molar-refractivity contribution is 5.97. The minimum Gasteiger partial charge on any atom is -0.494 e. The summed E-state index contributed by atoms with van der Waals surface area (Å²) in [7, 11) is 0. The summed E-state index contributed by atoms with van der Waals surface area (Å²) in [6, 6.07) is 12.7. The summed E-state index contributed by atoms with van der Waals surface area (Å²) >= 11 is 0. The van der Waals surface area contributed by atoms with Gasteiger partial charge in [0.25, 0.3) is 5.91 Å². The summed E-state index contributed by atoms with van der Waals surface area (Å²) in [4.78, 5) is 12.0. The summed E-state index contributed by atoms with van der Waals surface area (Å²) in [5, 5.41) is 14.7. The number of ether oxygens (including phenoxy) is 1. The van der Waals surface area contributed by atoms with Crippen molar-refractivity contribution in [1.82, 2.24) is 5.32 Å². The zero-order chi connectivity index (χ0) is 18.6. The van der Waals surface area contributed by atoms with E-state index in [9.17, 15) is 4.79 Å². The molecule has 2 N–H and O–H groups in total. The van der Waals surface area contributed by atoms with E-state index in [0.717, 1.165) is 30.7 Å². The Balaban J connectivity index is 1.83. The molecule has 26 heavy (non-hydrogen) atoms. The first-order valence-electron chi connectivity index (χ1n) is 8.63. The number of amides is 1. The number of nitriles is 1. The van der Waals surface area contributed by atoms with Crippen molar-refractivity contribution in [1.29, 1.82) is 5.26 Å². The molecule has 1 aromatic heterocycles. The van der Waals surface area contributed by atoms with E-state index < -0.39 is 5.91 Å². The van der Waals surface area contributed by atoms with Crippen LogP contribution >= 0.6 is 0 Å². The number of unbranched alkanes of at least 4 members (excludes halogenated alkanes) is 2. The van der Waals surface area contributed by atoms with Crippen LogP contribution in [0.2, 0.25) is 0 Å². The highest BCUT2D eigenvalue weighted by atomic mass is 16.5. The van der Waals surface area contributed by atoms with Crippen molar-refractivity contribution < 1.29 is 13.9 Å². The first kappa shape index (κ1) is 19.1.